The zero-order valence-corrected chi connectivity index (χ0v) is 19.0. The molecule has 1 fully saturated rings. The highest BCUT2D eigenvalue weighted by Gasteiger charge is 2.46. The summed E-state index contributed by atoms with van der Waals surface area (Å²) >= 11 is 0. The first kappa shape index (κ1) is 22.1. The van der Waals surface area contributed by atoms with Crippen molar-refractivity contribution in [2.75, 3.05) is 12.3 Å². The molecule has 162 valence electrons. The number of fused-ring (bicyclic) bond motifs is 1. The van der Waals surface area contributed by atoms with Crippen LogP contribution in [-0.2, 0) is 23.7 Å². The van der Waals surface area contributed by atoms with Gasteiger partial charge < -0.3 is 14.9 Å². The maximum Gasteiger partial charge on any atom is 0.333 e. The molecular weight excluding hydrogens is 416 g/mol. The molecule has 0 amide bonds. The van der Waals surface area contributed by atoms with Crippen LogP contribution in [0.25, 0.3) is 11.2 Å². The lowest BCUT2D eigenvalue weighted by atomic mass is 10.2. The van der Waals surface area contributed by atoms with E-state index >= 15 is 0 Å². The van der Waals surface area contributed by atoms with Gasteiger partial charge in [-0.2, -0.15) is 8.42 Å². The van der Waals surface area contributed by atoms with Crippen LogP contribution in [0.1, 0.15) is 33.4 Å². The fraction of sp³-hybridized carbons (Fsp3) is 0.688. The highest BCUT2D eigenvalue weighted by Crippen LogP contribution is 2.42. The summed E-state index contributed by atoms with van der Waals surface area (Å²) in [7, 11) is -6.21. The largest absolute Gasteiger partial charge is 0.409 e. The lowest BCUT2D eigenvalue weighted by Crippen LogP contribution is -2.45. The molecule has 3 atom stereocenters. The number of aromatic nitrogens is 4. The number of nitrogens with two attached hydrogens (primary N) is 2. The van der Waals surface area contributed by atoms with Crippen LogP contribution in [0.5, 0.6) is 0 Å². The van der Waals surface area contributed by atoms with Gasteiger partial charge in [-0.1, -0.05) is 20.8 Å². The first-order valence-electron chi connectivity index (χ1n) is 9.22. The molecule has 3 rings (SSSR count). The zero-order chi connectivity index (χ0) is 21.6. The van der Waals surface area contributed by atoms with E-state index < -0.39 is 31.0 Å². The van der Waals surface area contributed by atoms with Crippen LogP contribution >= 0.6 is 0 Å². The maximum absolute atomic E-state index is 11.2. The van der Waals surface area contributed by atoms with Gasteiger partial charge in [0.25, 0.3) is 0 Å². The third-order valence-electron chi connectivity index (χ3n) is 5.48. The fourth-order valence-corrected chi connectivity index (χ4v) is 4.62. The number of hydrogen-bond acceptors (Lipinski definition) is 9. The maximum atomic E-state index is 11.2. The Kier molecular flexibility index (Phi) is 5.75. The molecule has 29 heavy (non-hydrogen) atoms. The van der Waals surface area contributed by atoms with E-state index in [0.717, 1.165) is 0 Å². The normalized spacial score (nSPS) is 23.7. The third kappa shape index (κ3) is 4.75. The molecule has 3 heterocycles. The van der Waals surface area contributed by atoms with Crippen molar-refractivity contribution in [1.82, 2.24) is 19.5 Å². The van der Waals surface area contributed by atoms with Crippen LogP contribution in [0.15, 0.2) is 12.7 Å². The molecule has 4 N–H and O–H groups in total. The lowest BCUT2D eigenvalue weighted by molar-refractivity contribution is -0.0423. The summed E-state index contributed by atoms with van der Waals surface area (Å²) in [4.78, 5) is 12.5. The Morgan fingerprint density at radius 2 is 2.00 bits per heavy atom. The summed E-state index contributed by atoms with van der Waals surface area (Å²) in [6.07, 6.45) is 1.93. The Bertz CT molecular complexity index is 989. The molecule has 11 nitrogen and oxygen atoms in total. The van der Waals surface area contributed by atoms with Crippen molar-refractivity contribution in [3.63, 3.8) is 0 Å². The highest BCUT2D eigenvalue weighted by atomic mass is 32.2. The van der Waals surface area contributed by atoms with Gasteiger partial charge in [-0.05, 0) is 18.1 Å². The molecule has 13 heteroatoms. The molecule has 0 radical (unpaired) electrons. The average Bonchev–Trinajstić information content (AvgIpc) is 3.15. The van der Waals surface area contributed by atoms with Gasteiger partial charge in [0.1, 0.15) is 11.8 Å². The summed E-state index contributed by atoms with van der Waals surface area (Å²) in [5, 5.41) is 4.93. The molecule has 0 aromatic carbocycles. The minimum absolute atomic E-state index is 0.0175. The van der Waals surface area contributed by atoms with Gasteiger partial charge in [0.2, 0.25) is 0 Å². The molecular formula is C16H28N6O5SSi. The van der Waals surface area contributed by atoms with Crippen molar-refractivity contribution in [3.05, 3.63) is 12.7 Å². The predicted molar refractivity (Wildman–Crippen MR) is 109 cm³/mol. The number of anilines is 1. The zero-order valence-electron chi connectivity index (χ0n) is 17.2. The number of imidazole rings is 1. The molecule has 0 unspecified atom stereocenters. The van der Waals surface area contributed by atoms with Crippen molar-refractivity contribution in [2.45, 2.75) is 63.8 Å². The number of hydrogen-bond donors (Lipinski definition) is 2. The fourth-order valence-electron chi connectivity index (χ4n) is 2.96. The van der Waals surface area contributed by atoms with Crippen LogP contribution in [0, 0.1) is 0 Å². The summed E-state index contributed by atoms with van der Waals surface area (Å²) in [6.45, 7) is 10.5. The van der Waals surface area contributed by atoms with Gasteiger partial charge in [0.05, 0.1) is 25.1 Å². The molecule has 2 aromatic rings. The quantitative estimate of drug-likeness (QED) is 0.626. The van der Waals surface area contributed by atoms with Crippen molar-refractivity contribution in [3.8, 4) is 0 Å². The highest BCUT2D eigenvalue weighted by molar-refractivity contribution is 7.84. The van der Waals surface area contributed by atoms with Crippen molar-refractivity contribution in [1.29, 1.82) is 0 Å². The summed E-state index contributed by atoms with van der Waals surface area (Å²) in [5.74, 6) is 0.266. The number of nitrogens with zero attached hydrogens (tertiary/aromatic N) is 4. The lowest BCUT2D eigenvalue weighted by Gasteiger charge is -2.39. The van der Waals surface area contributed by atoms with E-state index in [-0.39, 0.29) is 23.6 Å². The summed E-state index contributed by atoms with van der Waals surface area (Å²) in [6, 6.07) is 0. The van der Waals surface area contributed by atoms with E-state index in [2.05, 4.69) is 48.8 Å². The van der Waals surface area contributed by atoms with Gasteiger partial charge in [0, 0.05) is 6.42 Å². The smallest absolute Gasteiger partial charge is 0.333 e. The monoisotopic (exact) mass is 444 g/mol. The first-order chi connectivity index (χ1) is 13.3. The van der Waals surface area contributed by atoms with Crippen LogP contribution in [0.2, 0.25) is 18.1 Å². The Hall–Kier alpha value is -1.64. The molecule has 0 spiro atoms. The third-order valence-corrected chi connectivity index (χ3v) is 10.4. The molecule has 0 bridgehead atoms. The van der Waals surface area contributed by atoms with Crippen molar-refractivity contribution < 1.29 is 21.8 Å². The first-order valence-corrected chi connectivity index (χ1v) is 13.6. The second-order valence-electron chi connectivity index (χ2n) is 8.66. The summed E-state index contributed by atoms with van der Waals surface area (Å²) < 4.78 is 41.5. The van der Waals surface area contributed by atoms with E-state index in [1.54, 1.807) is 10.9 Å². The van der Waals surface area contributed by atoms with Gasteiger partial charge in [0.15, 0.2) is 26.0 Å². The van der Waals surface area contributed by atoms with Gasteiger partial charge >= 0.3 is 10.3 Å². The van der Waals surface area contributed by atoms with Crippen LogP contribution in [-0.4, -0.2) is 55.1 Å². The standard InChI is InChI=1S/C16H28N6O5SSi/c1-16(2,3)29(4,5)27-11-6-10(7-25-28(18,23)24)26-15(11)22-9-21-12-13(17)19-8-20-14(12)22/h8-11,15H,6-7H2,1-5H3,(H2,17,19,20)(H2,18,23,24)/t10-,11+,15+/m0/s1. The molecule has 2 aromatic heterocycles. The number of ether oxygens (including phenoxy) is 1. The SMILES string of the molecule is CC(C)(C)[Si](C)(C)O[C@@H]1C[C@@H](COS(N)(=O)=O)O[C@H]1n1cnc2c(N)ncnc21. The second kappa shape index (κ2) is 7.56. The van der Waals surface area contributed by atoms with Gasteiger partial charge in [-0.3, -0.25) is 8.75 Å². The van der Waals surface area contributed by atoms with Crippen molar-refractivity contribution in [2.24, 2.45) is 5.14 Å². The minimum atomic E-state index is -4.07. The minimum Gasteiger partial charge on any atom is -0.409 e. The molecule has 1 saturated heterocycles. The average molecular weight is 445 g/mol. The Morgan fingerprint density at radius 3 is 2.62 bits per heavy atom. The molecule has 0 saturated carbocycles. The Balaban J connectivity index is 1.93. The van der Waals surface area contributed by atoms with E-state index in [1.807, 2.05) is 0 Å². The van der Waals surface area contributed by atoms with E-state index in [9.17, 15) is 8.42 Å². The van der Waals surface area contributed by atoms with E-state index in [1.165, 1.54) is 6.33 Å². The predicted octanol–water partition coefficient (Wildman–Crippen LogP) is 1.31. The Labute approximate surface area is 171 Å². The molecule has 1 aliphatic rings. The molecule has 0 aliphatic carbocycles. The summed E-state index contributed by atoms with van der Waals surface area (Å²) in [5.41, 5.74) is 6.87. The van der Waals surface area contributed by atoms with Crippen LogP contribution in [0.4, 0.5) is 5.82 Å². The number of rotatable bonds is 6. The van der Waals surface area contributed by atoms with Crippen LogP contribution in [0.3, 0.4) is 0 Å². The Morgan fingerprint density at radius 1 is 1.31 bits per heavy atom. The van der Waals surface area contributed by atoms with E-state index in [4.69, 9.17) is 24.2 Å². The van der Waals surface area contributed by atoms with Crippen molar-refractivity contribution >= 4 is 35.6 Å². The van der Waals surface area contributed by atoms with E-state index in [0.29, 0.717) is 17.6 Å². The molecule has 1 aliphatic heterocycles. The topological polar surface area (TPSA) is 157 Å². The van der Waals surface area contributed by atoms with Crippen LogP contribution < -0.4 is 10.9 Å². The second-order valence-corrected chi connectivity index (χ2v) is 14.6. The van der Waals surface area contributed by atoms with Gasteiger partial charge in [-0.25, -0.2) is 20.1 Å². The number of nitrogen functional groups attached to an aromatic ring is 1. The van der Waals surface area contributed by atoms with Gasteiger partial charge in [-0.15, -0.1) is 0 Å².